The molecule has 0 saturated heterocycles. The fourth-order valence-electron chi connectivity index (χ4n) is 1.37. The maximum atomic E-state index is 12.1. The Morgan fingerprint density at radius 2 is 1.85 bits per heavy atom. The summed E-state index contributed by atoms with van der Waals surface area (Å²) >= 11 is 0. The lowest BCUT2D eigenvalue weighted by Gasteiger charge is -2.19. The van der Waals surface area contributed by atoms with E-state index in [2.05, 4.69) is 16.0 Å². The Bertz CT molecular complexity index is 601. The quantitative estimate of drug-likeness (QED) is 0.814. The van der Waals surface area contributed by atoms with E-state index in [4.69, 9.17) is 10.8 Å². The average Bonchev–Trinajstić information content (AvgIpc) is 2.73. The first-order valence-electron chi connectivity index (χ1n) is 6.31. The minimum atomic E-state index is -3.75. The van der Waals surface area contributed by atoms with Crippen molar-refractivity contribution in [2.24, 2.45) is 0 Å². The molecule has 0 bridgehead atoms. The van der Waals surface area contributed by atoms with Crippen molar-refractivity contribution in [3.63, 3.8) is 0 Å². The average molecular weight is 298 g/mol. The predicted octanol–water partition coefficient (Wildman–Crippen LogP) is 1.86. The molecule has 1 rings (SSSR count). The summed E-state index contributed by atoms with van der Waals surface area (Å²) in [4.78, 5) is 0. The van der Waals surface area contributed by atoms with Gasteiger partial charge in [-0.3, -0.25) is 0 Å². The molecule has 0 radical (unpaired) electrons. The highest BCUT2D eigenvalue weighted by molar-refractivity contribution is 7.89. The zero-order valence-electron chi connectivity index (χ0n) is 12.6. The van der Waals surface area contributed by atoms with E-state index in [1.807, 2.05) is 20.8 Å². The summed E-state index contributed by atoms with van der Waals surface area (Å²) < 4.78 is 32.0. The van der Waals surface area contributed by atoms with Gasteiger partial charge in [-0.1, -0.05) is 5.92 Å². The van der Waals surface area contributed by atoms with Gasteiger partial charge in [-0.05, 0) is 46.8 Å². The van der Waals surface area contributed by atoms with Crippen LogP contribution in [-0.4, -0.2) is 19.5 Å². The van der Waals surface area contributed by atoms with Crippen molar-refractivity contribution < 1.29 is 12.8 Å². The molecule has 112 valence electrons. The molecule has 5 nitrogen and oxygen atoms in total. The third-order valence-electron chi connectivity index (χ3n) is 2.45. The van der Waals surface area contributed by atoms with Crippen LogP contribution in [0.25, 0.3) is 0 Å². The Labute approximate surface area is 121 Å². The molecular weight excluding hydrogens is 276 g/mol. The normalized spacial score (nSPS) is 13.2. The SMILES string of the molecule is C#CC(C)(C)NS(=O)(=O)c1ccc(CNC(C)(C)C)o1. The zero-order chi connectivity index (χ0) is 15.6. The number of sulfonamides is 1. The Hall–Kier alpha value is -1.29. The van der Waals surface area contributed by atoms with Gasteiger partial charge in [0.25, 0.3) is 10.0 Å². The van der Waals surface area contributed by atoms with Gasteiger partial charge >= 0.3 is 0 Å². The van der Waals surface area contributed by atoms with Gasteiger partial charge in [0, 0.05) is 5.54 Å². The van der Waals surface area contributed by atoms with E-state index in [0.29, 0.717) is 12.3 Å². The molecule has 1 aromatic rings. The fourth-order valence-corrected chi connectivity index (χ4v) is 2.66. The molecule has 1 aromatic heterocycles. The van der Waals surface area contributed by atoms with E-state index in [1.165, 1.54) is 6.07 Å². The van der Waals surface area contributed by atoms with E-state index in [0.717, 1.165) is 0 Å². The van der Waals surface area contributed by atoms with Crippen molar-refractivity contribution >= 4 is 10.0 Å². The molecule has 0 aliphatic rings. The molecule has 0 aliphatic heterocycles. The maximum absolute atomic E-state index is 12.1. The number of hydrogen-bond donors (Lipinski definition) is 2. The van der Waals surface area contributed by atoms with Crippen LogP contribution < -0.4 is 10.0 Å². The number of furan rings is 1. The van der Waals surface area contributed by atoms with E-state index in [1.54, 1.807) is 19.9 Å². The molecular formula is C14H22N2O3S. The second-order valence-corrected chi connectivity index (χ2v) is 7.81. The first-order valence-corrected chi connectivity index (χ1v) is 7.79. The lowest BCUT2D eigenvalue weighted by Crippen LogP contribution is -2.41. The molecule has 0 spiro atoms. The molecule has 2 N–H and O–H groups in total. The van der Waals surface area contributed by atoms with Crippen molar-refractivity contribution in [1.82, 2.24) is 10.0 Å². The number of rotatable bonds is 5. The Balaban J connectivity index is 2.84. The standard InChI is InChI=1S/C14H22N2O3S/c1-7-14(5,6)16-20(17,18)12-9-8-11(19-12)10-15-13(2,3)4/h1,8-9,15-16H,10H2,2-6H3. The van der Waals surface area contributed by atoms with Crippen LogP contribution in [0.2, 0.25) is 0 Å². The van der Waals surface area contributed by atoms with Gasteiger partial charge < -0.3 is 9.73 Å². The van der Waals surface area contributed by atoms with Gasteiger partial charge in [-0.2, -0.15) is 4.72 Å². The summed E-state index contributed by atoms with van der Waals surface area (Å²) in [6.45, 7) is 9.72. The monoisotopic (exact) mass is 298 g/mol. The molecule has 0 aromatic carbocycles. The first kappa shape index (κ1) is 16.8. The van der Waals surface area contributed by atoms with Gasteiger partial charge in [0.15, 0.2) is 0 Å². The van der Waals surface area contributed by atoms with Gasteiger partial charge in [0.1, 0.15) is 5.76 Å². The second kappa shape index (κ2) is 5.60. The van der Waals surface area contributed by atoms with E-state index in [-0.39, 0.29) is 10.6 Å². The molecule has 1 heterocycles. The van der Waals surface area contributed by atoms with E-state index in [9.17, 15) is 8.42 Å². The van der Waals surface area contributed by atoms with Crippen molar-refractivity contribution in [2.45, 2.75) is 57.3 Å². The molecule has 0 saturated carbocycles. The Morgan fingerprint density at radius 3 is 2.35 bits per heavy atom. The van der Waals surface area contributed by atoms with Crippen LogP contribution in [0.15, 0.2) is 21.6 Å². The lowest BCUT2D eigenvalue weighted by molar-refractivity contribution is 0.358. The van der Waals surface area contributed by atoms with Crippen molar-refractivity contribution in [3.05, 3.63) is 17.9 Å². The molecule has 0 unspecified atom stereocenters. The highest BCUT2D eigenvalue weighted by Crippen LogP contribution is 2.17. The van der Waals surface area contributed by atoms with Crippen LogP contribution in [0.4, 0.5) is 0 Å². The van der Waals surface area contributed by atoms with Crippen molar-refractivity contribution in [1.29, 1.82) is 0 Å². The fraction of sp³-hybridized carbons (Fsp3) is 0.571. The van der Waals surface area contributed by atoms with Gasteiger partial charge in [0.05, 0.1) is 12.1 Å². The predicted molar refractivity (Wildman–Crippen MR) is 78.5 cm³/mol. The highest BCUT2D eigenvalue weighted by Gasteiger charge is 2.27. The van der Waals surface area contributed by atoms with E-state index >= 15 is 0 Å². The topological polar surface area (TPSA) is 71.3 Å². The van der Waals surface area contributed by atoms with E-state index < -0.39 is 15.6 Å². The van der Waals surface area contributed by atoms with Crippen LogP contribution in [-0.2, 0) is 16.6 Å². The van der Waals surface area contributed by atoms with Gasteiger partial charge in [-0.25, -0.2) is 8.42 Å². The summed E-state index contributed by atoms with van der Waals surface area (Å²) in [6.07, 6.45) is 5.27. The summed E-state index contributed by atoms with van der Waals surface area (Å²) in [6, 6.07) is 3.06. The third kappa shape index (κ3) is 5.00. The highest BCUT2D eigenvalue weighted by atomic mass is 32.2. The molecule has 0 atom stereocenters. The van der Waals surface area contributed by atoms with Crippen LogP contribution in [0.3, 0.4) is 0 Å². The molecule has 0 aliphatic carbocycles. The lowest BCUT2D eigenvalue weighted by atomic mass is 10.1. The second-order valence-electron chi connectivity index (χ2n) is 6.20. The Morgan fingerprint density at radius 1 is 1.25 bits per heavy atom. The largest absolute Gasteiger partial charge is 0.447 e. The third-order valence-corrected chi connectivity index (χ3v) is 3.97. The minimum absolute atomic E-state index is 0.0739. The number of terminal acetylenes is 1. The first-order chi connectivity index (χ1) is 8.95. The summed E-state index contributed by atoms with van der Waals surface area (Å²) in [5.41, 5.74) is -1.04. The molecule has 20 heavy (non-hydrogen) atoms. The van der Waals surface area contributed by atoms with Gasteiger partial charge in [0.2, 0.25) is 5.09 Å². The molecule has 6 heteroatoms. The van der Waals surface area contributed by atoms with Crippen LogP contribution >= 0.6 is 0 Å². The van der Waals surface area contributed by atoms with Gasteiger partial charge in [-0.15, -0.1) is 6.42 Å². The summed E-state index contributed by atoms with van der Waals surface area (Å²) in [5.74, 6) is 2.93. The minimum Gasteiger partial charge on any atom is -0.447 e. The van der Waals surface area contributed by atoms with Crippen LogP contribution in [0.5, 0.6) is 0 Å². The van der Waals surface area contributed by atoms with Crippen LogP contribution in [0.1, 0.15) is 40.4 Å². The maximum Gasteiger partial charge on any atom is 0.275 e. The Kier molecular flexibility index (Phi) is 4.70. The summed E-state index contributed by atoms with van der Waals surface area (Å²) in [5, 5.41) is 3.09. The molecule has 0 fully saturated rings. The number of nitrogens with one attached hydrogen (secondary N) is 2. The molecule has 0 amide bonds. The summed E-state index contributed by atoms with van der Waals surface area (Å²) in [7, 11) is -3.75. The van der Waals surface area contributed by atoms with Crippen LogP contribution in [0, 0.1) is 12.3 Å². The van der Waals surface area contributed by atoms with Crippen molar-refractivity contribution in [3.8, 4) is 12.3 Å². The van der Waals surface area contributed by atoms with Crippen molar-refractivity contribution in [2.75, 3.05) is 0 Å². The number of hydrogen-bond acceptors (Lipinski definition) is 4. The smallest absolute Gasteiger partial charge is 0.275 e. The zero-order valence-corrected chi connectivity index (χ0v) is 13.4.